The predicted octanol–water partition coefficient (Wildman–Crippen LogP) is 4.39. The molecule has 2 aliphatic heterocycles. The number of carbonyl (C=O) groups is 1. The first kappa shape index (κ1) is 30.8. The number of pyridine rings is 1. The van der Waals surface area contributed by atoms with Gasteiger partial charge in [-0.3, -0.25) is 4.79 Å². The quantitative estimate of drug-likeness (QED) is 0.194. The molecule has 1 amide bonds. The third-order valence-electron chi connectivity index (χ3n) is 7.21. The lowest BCUT2D eigenvalue weighted by Gasteiger charge is -2.33. The van der Waals surface area contributed by atoms with Crippen molar-refractivity contribution in [3.8, 4) is 17.6 Å². The summed E-state index contributed by atoms with van der Waals surface area (Å²) in [7, 11) is 3.31. The Balaban J connectivity index is 1.33. The van der Waals surface area contributed by atoms with Gasteiger partial charge in [0.25, 0.3) is 5.91 Å². The summed E-state index contributed by atoms with van der Waals surface area (Å²) in [5.74, 6) is 6.15. The number of ether oxygens (including phenoxy) is 2. The van der Waals surface area contributed by atoms with Crippen molar-refractivity contribution in [1.82, 2.24) is 19.8 Å². The van der Waals surface area contributed by atoms with Gasteiger partial charge in [0.1, 0.15) is 23.4 Å². The number of nitrogens with zero attached hydrogens (tertiary/aromatic N) is 3. The molecule has 0 spiro atoms. The zero-order valence-corrected chi connectivity index (χ0v) is 24.4. The van der Waals surface area contributed by atoms with Crippen LogP contribution in [0.2, 0.25) is 0 Å². The maximum Gasteiger partial charge on any atom is 0.446 e. The van der Waals surface area contributed by atoms with Crippen LogP contribution in [0.1, 0.15) is 28.9 Å². The number of piperidine rings is 1. The van der Waals surface area contributed by atoms with Gasteiger partial charge >= 0.3 is 5.51 Å². The molecule has 1 aromatic carbocycles. The summed E-state index contributed by atoms with van der Waals surface area (Å²) in [4.78, 5) is 14.3. The summed E-state index contributed by atoms with van der Waals surface area (Å²) in [6, 6.07) is 9.18. The fourth-order valence-corrected chi connectivity index (χ4v) is 5.71. The molecule has 0 bridgehead atoms. The molecule has 0 unspecified atom stereocenters. The van der Waals surface area contributed by atoms with Crippen LogP contribution in [0.5, 0.6) is 5.75 Å². The third kappa shape index (κ3) is 7.65. The molecule has 2 saturated heterocycles. The van der Waals surface area contributed by atoms with Gasteiger partial charge in [0, 0.05) is 25.3 Å². The molecule has 14 heteroatoms. The van der Waals surface area contributed by atoms with Crippen LogP contribution in [0.3, 0.4) is 0 Å². The van der Waals surface area contributed by atoms with E-state index in [2.05, 4.69) is 32.9 Å². The molecule has 3 aromatic rings. The molecule has 0 saturated carbocycles. The highest BCUT2D eigenvalue weighted by atomic mass is 32.2. The van der Waals surface area contributed by atoms with Gasteiger partial charge < -0.3 is 30.3 Å². The first-order chi connectivity index (χ1) is 20.6. The van der Waals surface area contributed by atoms with E-state index in [4.69, 9.17) is 9.47 Å². The lowest BCUT2D eigenvalue weighted by Crippen LogP contribution is -2.46. The van der Waals surface area contributed by atoms with E-state index < -0.39 is 17.7 Å². The average Bonchev–Trinajstić information content (AvgIpc) is 3.60. The zero-order valence-electron chi connectivity index (χ0n) is 23.6. The number of likely N-dealkylation sites (tertiary alicyclic amines) is 1. The number of hydrogen-bond acceptors (Lipinski definition) is 8. The molecule has 2 aromatic heterocycles. The number of halogens is 4. The first-order valence-corrected chi connectivity index (χ1v) is 14.6. The number of methoxy groups -OCH3 is 1. The van der Waals surface area contributed by atoms with Crippen molar-refractivity contribution in [2.75, 3.05) is 57.6 Å². The molecule has 230 valence electrons. The van der Waals surface area contributed by atoms with E-state index in [1.54, 1.807) is 30.3 Å². The molecule has 2 aliphatic rings. The number of hydrogen-bond donors (Lipinski definition) is 3. The van der Waals surface area contributed by atoms with Crippen LogP contribution in [-0.4, -0.2) is 91.2 Å². The van der Waals surface area contributed by atoms with Gasteiger partial charge in [0.05, 0.1) is 48.4 Å². The molecular formula is C29H32F4N6O3S. The Hall–Kier alpha value is -3.67. The third-order valence-corrected chi connectivity index (χ3v) is 8.05. The average molecular weight is 621 g/mol. The number of aromatic nitrogens is 2. The van der Waals surface area contributed by atoms with Gasteiger partial charge in [0.2, 0.25) is 0 Å². The molecule has 5 rings (SSSR count). The lowest BCUT2D eigenvalue weighted by atomic mass is 10.0. The van der Waals surface area contributed by atoms with Gasteiger partial charge in [-0.25, -0.2) is 8.91 Å². The highest BCUT2D eigenvalue weighted by molar-refractivity contribution is 8.00. The highest BCUT2D eigenvalue weighted by Gasteiger charge is 2.33. The Morgan fingerprint density at radius 2 is 2.09 bits per heavy atom. The van der Waals surface area contributed by atoms with Crippen molar-refractivity contribution >= 4 is 34.7 Å². The van der Waals surface area contributed by atoms with Gasteiger partial charge in [-0.1, -0.05) is 12.0 Å². The van der Waals surface area contributed by atoms with E-state index in [1.807, 2.05) is 11.9 Å². The summed E-state index contributed by atoms with van der Waals surface area (Å²) in [5, 5.41) is 13.5. The second-order valence-electron chi connectivity index (χ2n) is 10.4. The summed E-state index contributed by atoms with van der Waals surface area (Å²) < 4.78 is 67.3. The van der Waals surface area contributed by atoms with E-state index in [0.717, 1.165) is 6.42 Å². The Labute approximate surface area is 250 Å². The van der Waals surface area contributed by atoms with Crippen LogP contribution in [0.15, 0.2) is 41.3 Å². The molecule has 0 radical (unpaired) electrons. The van der Waals surface area contributed by atoms with Crippen molar-refractivity contribution in [1.29, 1.82) is 0 Å². The number of anilines is 2. The van der Waals surface area contributed by atoms with Gasteiger partial charge in [-0.2, -0.15) is 18.3 Å². The predicted molar refractivity (Wildman–Crippen MR) is 157 cm³/mol. The van der Waals surface area contributed by atoms with Crippen LogP contribution in [0, 0.1) is 11.8 Å². The number of carbonyl (C=O) groups excluding carboxylic acids is 1. The summed E-state index contributed by atoms with van der Waals surface area (Å²) >= 11 is -0.285. The number of amides is 1. The fourth-order valence-electron chi connectivity index (χ4n) is 5.03. The molecule has 4 heterocycles. The molecule has 3 N–H and O–H groups in total. The van der Waals surface area contributed by atoms with Crippen molar-refractivity contribution in [3.05, 3.63) is 47.7 Å². The van der Waals surface area contributed by atoms with E-state index in [1.165, 1.54) is 17.7 Å². The van der Waals surface area contributed by atoms with Crippen molar-refractivity contribution in [2.45, 2.75) is 41.5 Å². The zero-order chi connectivity index (χ0) is 30.6. The Morgan fingerprint density at radius 3 is 2.81 bits per heavy atom. The monoisotopic (exact) mass is 620 g/mol. The fraction of sp³-hybridized carbons (Fsp3) is 0.448. The van der Waals surface area contributed by atoms with Gasteiger partial charge in [-0.05, 0) is 67.9 Å². The molecule has 3 atom stereocenters. The Kier molecular flexibility index (Phi) is 9.53. The summed E-state index contributed by atoms with van der Waals surface area (Å²) in [6.45, 7) is 2.12. The second kappa shape index (κ2) is 13.3. The van der Waals surface area contributed by atoms with Crippen LogP contribution in [0.25, 0.3) is 5.52 Å². The largest absolute Gasteiger partial charge is 0.495 e. The van der Waals surface area contributed by atoms with Gasteiger partial charge in [0.15, 0.2) is 0 Å². The molecular weight excluding hydrogens is 588 g/mol. The maximum atomic E-state index is 14.7. The van der Waals surface area contributed by atoms with Crippen LogP contribution < -0.4 is 20.7 Å². The number of fused-ring (bicyclic) bond motifs is 1. The van der Waals surface area contributed by atoms with E-state index in [9.17, 15) is 22.4 Å². The number of rotatable bonds is 8. The molecule has 43 heavy (non-hydrogen) atoms. The summed E-state index contributed by atoms with van der Waals surface area (Å²) in [5.41, 5.74) is -3.42. The number of alkyl halides is 4. The van der Waals surface area contributed by atoms with Crippen molar-refractivity contribution in [2.24, 2.45) is 0 Å². The number of nitrogens with one attached hydrogen (secondary N) is 3. The van der Waals surface area contributed by atoms with Crippen molar-refractivity contribution < 1.29 is 31.8 Å². The van der Waals surface area contributed by atoms with Crippen LogP contribution in [0.4, 0.5) is 29.1 Å². The maximum absolute atomic E-state index is 14.7. The molecule has 9 nitrogen and oxygen atoms in total. The standard InChI is InChI=1S/C29H32F4N6O3S/c1-38-13-10-21(20(30)16-38)36-26-7-3-6-24-27(43-29(31,32)33)23(37-39(24)26)5-4-12-34-22-9-8-18(15-25(22)41-2)28(40)35-19-11-14-42-17-19/h3,6-9,15,19-21,34,36H,10-14,16-17H2,1-2H3,(H,35,40)/t19-,20+,21-/m1/s1. The van der Waals surface area contributed by atoms with E-state index >= 15 is 0 Å². The highest BCUT2D eigenvalue weighted by Crippen LogP contribution is 2.41. The van der Waals surface area contributed by atoms with Crippen LogP contribution in [-0.2, 0) is 4.74 Å². The smallest absolute Gasteiger partial charge is 0.446 e. The molecule has 2 fully saturated rings. The Morgan fingerprint density at radius 1 is 1.26 bits per heavy atom. The number of benzene rings is 1. The topological polar surface area (TPSA) is 92.2 Å². The minimum atomic E-state index is -4.56. The molecule has 0 aliphatic carbocycles. The first-order valence-electron chi connectivity index (χ1n) is 13.8. The van der Waals surface area contributed by atoms with Gasteiger partial charge in [-0.15, -0.1) is 0 Å². The lowest BCUT2D eigenvalue weighted by molar-refractivity contribution is -0.0327. The minimum Gasteiger partial charge on any atom is -0.495 e. The second-order valence-corrected chi connectivity index (χ2v) is 11.4. The minimum absolute atomic E-state index is 0.0340. The van der Waals surface area contributed by atoms with E-state index in [-0.39, 0.29) is 52.9 Å². The van der Waals surface area contributed by atoms with Crippen molar-refractivity contribution in [3.63, 3.8) is 0 Å². The summed E-state index contributed by atoms with van der Waals surface area (Å²) in [6.07, 6.45) is 0.161. The van der Waals surface area contributed by atoms with Crippen LogP contribution >= 0.6 is 11.8 Å². The Bertz CT molecular complexity index is 1520. The normalized spacial score (nSPS) is 20.8. The van der Waals surface area contributed by atoms with E-state index in [0.29, 0.717) is 49.0 Å². The number of thioether (sulfide) groups is 1. The SMILES string of the molecule is COc1cc(C(=O)N[C@@H]2CCOC2)ccc1NCC#Cc1nn2c(N[C@@H]3CCN(C)C[C@@H]3F)cccc2c1SC(F)(F)F.